The minimum atomic E-state index is -3.93. The van der Waals surface area contributed by atoms with E-state index < -0.39 is 16.2 Å². The average molecular weight is 616 g/mol. The van der Waals surface area contributed by atoms with Gasteiger partial charge in [-0.25, -0.2) is 0 Å². The fourth-order valence-corrected chi connectivity index (χ4v) is 10.8. The van der Waals surface area contributed by atoms with E-state index in [0.717, 1.165) is 64.3 Å². The molecule has 244 valence electrons. The molecule has 0 aromatic rings. The largest absolute Gasteiger partial charge is 0.393 e. The molecule has 9 nitrogen and oxygen atoms in total. The van der Waals surface area contributed by atoms with Gasteiger partial charge >= 0.3 is 0 Å². The van der Waals surface area contributed by atoms with Crippen molar-refractivity contribution in [2.45, 2.75) is 110 Å². The van der Waals surface area contributed by atoms with Crippen molar-refractivity contribution in [3.63, 3.8) is 0 Å². The number of aliphatic hydroxyl groups is 3. The number of hydrogen-bond acceptors (Lipinski definition) is 6. The predicted molar refractivity (Wildman–Crippen MR) is 163 cm³/mol. The summed E-state index contributed by atoms with van der Waals surface area (Å²) in [4.78, 5) is 12.7. The quantitative estimate of drug-likeness (QED) is 0.129. The molecule has 42 heavy (non-hydrogen) atoms. The zero-order valence-electron chi connectivity index (χ0n) is 26.7. The van der Waals surface area contributed by atoms with Crippen LogP contribution in [0.3, 0.4) is 0 Å². The van der Waals surface area contributed by atoms with Gasteiger partial charge in [0.05, 0.1) is 51.2 Å². The molecular weight excluding hydrogens is 556 g/mol. The summed E-state index contributed by atoms with van der Waals surface area (Å²) in [6, 6.07) is 0. The van der Waals surface area contributed by atoms with Crippen LogP contribution in [0.15, 0.2) is 0 Å². The zero-order valence-corrected chi connectivity index (χ0v) is 27.5. The molecule has 0 saturated heterocycles. The third kappa shape index (κ3) is 7.20. The van der Waals surface area contributed by atoms with Gasteiger partial charge in [-0.2, -0.15) is 8.42 Å². The van der Waals surface area contributed by atoms with E-state index in [4.69, 9.17) is 4.55 Å². The van der Waals surface area contributed by atoms with Crippen molar-refractivity contribution < 1.29 is 37.6 Å². The van der Waals surface area contributed by atoms with E-state index in [9.17, 15) is 28.5 Å². The van der Waals surface area contributed by atoms with E-state index in [2.05, 4.69) is 26.1 Å². The fourth-order valence-electron chi connectivity index (χ4n) is 10.3. The second-order valence-electron chi connectivity index (χ2n) is 15.8. The van der Waals surface area contributed by atoms with Crippen LogP contribution in [0, 0.1) is 46.3 Å². The number of rotatable bonds is 12. The summed E-state index contributed by atoms with van der Waals surface area (Å²) >= 11 is 0. The number of aliphatic hydroxyl groups excluding tert-OH is 3. The normalized spacial score (nSPS) is 41.0. The van der Waals surface area contributed by atoms with E-state index in [1.54, 1.807) is 0 Å². The van der Waals surface area contributed by atoms with Gasteiger partial charge in [0.25, 0.3) is 10.1 Å². The molecule has 1 amide bonds. The van der Waals surface area contributed by atoms with Crippen LogP contribution in [-0.2, 0) is 14.9 Å². The van der Waals surface area contributed by atoms with Crippen LogP contribution in [0.1, 0.15) is 91.4 Å². The van der Waals surface area contributed by atoms with E-state index in [-0.39, 0.29) is 52.5 Å². The standard InChI is InChI=1S/C32H58N2O7S/c1-21(8-11-29(38)33-14-6-15-34(4,5)16-7-17-42(39,40)41)24-9-10-25-30-26(20-28(37)32(24,25)3)31(2)13-12-23(35)18-22(31)19-27(30)36/h21-28,30,35-37H,6-20H2,1-5H3,(H-,33,38,39,40,41)/p+1/t21-,22?,23+,24+,25?,26?,27?,28-,30?,31-,32+/m0/s1. The molecule has 0 aromatic heterocycles. The molecule has 0 heterocycles. The zero-order chi connectivity index (χ0) is 31.1. The maximum absolute atomic E-state index is 12.7. The Labute approximate surface area is 254 Å². The maximum Gasteiger partial charge on any atom is 0.265 e. The molecule has 4 saturated carbocycles. The topological polar surface area (TPSA) is 144 Å². The molecule has 0 aromatic carbocycles. The van der Waals surface area contributed by atoms with Crippen LogP contribution in [0.25, 0.3) is 0 Å². The second-order valence-corrected chi connectivity index (χ2v) is 17.3. The minimum Gasteiger partial charge on any atom is -0.393 e. The Morgan fingerprint density at radius 1 is 1.00 bits per heavy atom. The van der Waals surface area contributed by atoms with Crippen molar-refractivity contribution in [2.24, 2.45) is 46.3 Å². The fraction of sp³-hybridized carbons (Fsp3) is 0.969. The Morgan fingerprint density at radius 3 is 2.38 bits per heavy atom. The highest BCUT2D eigenvalue weighted by atomic mass is 32.2. The van der Waals surface area contributed by atoms with Gasteiger partial charge in [0.15, 0.2) is 0 Å². The highest BCUT2D eigenvalue weighted by Gasteiger charge is 2.65. The van der Waals surface area contributed by atoms with Gasteiger partial charge in [-0.15, -0.1) is 0 Å². The predicted octanol–water partition coefficient (Wildman–Crippen LogP) is 3.22. The highest BCUT2D eigenvalue weighted by Crippen LogP contribution is 2.68. The molecule has 0 radical (unpaired) electrons. The van der Waals surface area contributed by atoms with Gasteiger partial charge in [-0.05, 0) is 97.7 Å². The van der Waals surface area contributed by atoms with Crippen molar-refractivity contribution in [3.8, 4) is 0 Å². The highest BCUT2D eigenvalue weighted by molar-refractivity contribution is 7.85. The van der Waals surface area contributed by atoms with E-state index in [1.807, 2.05) is 14.1 Å². The molecular formula is C32H59N2O7S+. The third-order valence-electron chi connectivity index (χ3n) is 12.8. The van der Waals surface area contributed by atoms with Gasteiger partial charge < -0.3 is 25.1 Å². The lowest BCUT2D eigenvalue weighted by atomic mass is 9.43. The Kier molecular flexibility index (Phi) is 10.5. The first kappa shape index (κ1) is 34.1. The number of nitrogens with zero attached hydrogens (tertiary/aromatic N) is 1. The van der Waals surface area contributed by atoms with Gasteiger partial charge in [0, 0.05) is 25.8 Å². The van der Waals surface area contributed by atoms with E-state index >= 15 is 0 Å². The lowest BCUT2D eigenvalue weighted by Crippen LogP contribution is -2.62. The molecule has 0 bridgehead atoms. The first-order chi connectivity index (χ1) is 19.5. The molecule has 4 fully saturated rings. The second kappa shape index (κ2) is 12.9. The lowest BCUT2D eigenvalue weighted by Gasteiger charge is -2.63. The first-order valence-corrected chi connectivity index (χ1v) is 18.2. The van der Waals surface area contributed by atoms with Crippen molar-refractivity contribution >= 4 is 16.0 Å². The first-order valence-electron chi connectivity index (χ1n) is 16.6. The van der Waals surface area contributed by atoms with Crippen molar-refractivity contribution in [1.82, 2.24) is 5.32 Å². The summed E-state index contributed by atoms with van der Waals surface area (Å²) < 4.78 is 31.5. The number of carbonyl (C=O) groups excluding carboxylic acids is 1. The van der Waals surface area contributed by atoms with E-state index in [0.29, 0.717) is 48.2 Å². The van der Waals surface area contributed by atoms with Crippen LogP contribution in [0.4, 0.5) is 0 Å². The monoisotopic (exact) mass is 615 g/mol. The summed E-state index contributed by atoms with van der Waals surface area (Å²) in [5.41, 5.74) is -0.185. The number of amides is 1. The van der Waals surface area contributed by atoms with E-state index in [1.165, 1.54) is 0 Å². The Bertz CT molecular complexity index is 1050. The van der Waals surface area contributed by atoms with Crippen molar-refractivity contribution in [3.05, 3.63) is 0 Å². The van der Waals surface area contributed by atoms with Gasteiger partial charge in [0.1, 0.15) is 0 Å². The summed E-state index contributed by atoms with van der Waals surface area (Å²) in [6.07, 6.45) is 7.47. The molecule has 10 heteroatoms. The molecule has 11 atom stereocenters. The molecule has 4 rings (SSSR count). The summed E-state index contributed by atoms with van der Waals surface area (Å²) in [5.74, 6) is 1.52. The summed E-state index contributed by atoms with van der Waals surface area (Å²) in [6.45, 7) is 8.87. The number of hydrogen-bond donors (Lipinski definition) is 5. The SMILES string of the molecule is C[C@@H](CCC(=O)NCCC[N+](C)(C)CCCS(=O)(=O)O)[C@H]1CCC2C3C(O)CC4C[C@H](O)CC[C@]4(C)C3C[C@H](O)[C@@]21C. The maximum atomic E-state index is 12.7. The number of quaternary nitrogens is 1. The molecule has 4 aliphatic rings. The Morgan fingerprint density at radius 2 is 1.69 bits per heavy atom. The third-order valence-corrected chi connectivity index (χ3v) is 13.6. The van der Waals surface area contributed by atoms with Crippen LogP contribution in [0.5, 0.6) is 0 Å². The van der Waals surface area contributed by atoms with Crippen LogP contribution >= 0.6 is 0 Å². The molecule has 5 unspecified atom stereocenters. The minimum absolute atomic E-state index is 0.0450. The van der Waals surface area contributed by atoms with Gasteiger partial charge in [-0.3, -0.25) is 9.35 Å². The molecule has 0 spiro atoms. The smallest absolute Gasteiger partial charge is 0.265 e. The lowest BCUT2D eigenvalue weighted by molar-refractivity contribution is -0.890. The van der Waals surface area contributed by atoms with Crippen molar-refractivity contribution in [2.75, 3.05) is 39.5 Å². The van der Waals surface area contributed by atoms with Crippen LogP contribution in [0.2, 0.25) is 0 Å². The molecule has 5 N–H and O–H groups in total. The van der Waals surface area contributed by atoms with Crippen molar-refractivity contribution in [1.29, 1.82) is 0 Å². The Balaban J connectivity index is 1.27. The van der Waals surface area contributed by atoms with Gasteiger partial charge in [-0.1, -0.05) is 20.8 Å². The number of carbonyl (C=O) groups is 1. The molecule has 4 aliphatic carbocycles. The summed E-state index contributed by atoms with van der Waals surface area (Å²) in [7, 11) is 0.114. The van der Waals surface area contributed by atoms with Crippen LogP contribution < -0.4 is 5.32 Å². The number of nitrogens with one attached hydrogen (secondary N) is 1. The van der Waals surface area contributed by atoms with Gasteiger partial charge in [0.2, 0.25) is 5.91 Å². The number of fused-ring (bicyclic) bond motifs is 5. The molecule has 0 aliphatic heterocycles. The Hall–Kier alpha value is -0.780. The average Bonchev–Trinajstić information content (AvgIpc) is 3.24. The van der Waals surface area contributed by atoms with Crippen LogP contribution in [-0.4, -0.2) is 96.5 Å². The summed E-state index contributed by atoms with van der Waals surface area (Å²) in [5, 5.41) is 36.6.